The molecule has 0 aliphatic carbocycles. The van der Waals surface area contributed by atoms with Crippen LogP contribution in [0, 0.1) is 0 Å². The summed E-state index contributed by atoms with van der Waals surface area (Å²) >= 11 is 0. The van der Waals surface area contributed by atoms with Crippen LogP contribution >= 0.6 is 0 Å². The van der Waals surface area contributed by atoms with Gasteiger partial charge in [-0.2, -0.15) is 0 Å². The standard InChI is InChI=1S/C14H28O4/c1-5-15-13(16-6-2)11-9-10-12-14(17-7-3)18-8-4/h9-10,13-14H,5-8,11-12H2,1-4H3/b10-9-. The second-order valence-electron chi connectivity index (χ2n) is 3.62. The molecule has 0 aromatic rings. The highest BCUT2D eigenvalue weighted by molar-refractivity contribution is 4.83. The molecule has 108 valence electrons. The Morgan fingerprint density at radius 1 is 0.611 bits per heavy atom. The van der Waals surface area contributed by atoms with Crippen molar-refractivity contribution >= 4 is 0 Å². The van der Waals surface area contributed by atoms with Crippen LogP contribution in [-0.2, 0) is 18.9 Å². The fourth-order valence-electron chi connectivity index (χ4n) is 1.53. The van der Waals surface area contributed by atoms with Crippen LogP contribution in [0.5, 0.6) is 0 Å². The lowest BCUT2D eigenvalue weighted by atomic mass is 10.3. The average molecular weight is 260 g/mol. The molecule has 0 aliphatic rings. The summed E-state index contributed by atoms with van der Waals surface area (Å²) < 4.78 is 21.8. The van der Waals surface area contributed by atoms with Gasteiger partial charge in [0.2, 0.25) is 0 Å². The van der Waals surface area contributed by atoms with E-state index in [1.807, 2.05) is 27.7 Å². The summed E-state index contributed by atoms with van der Waals surface area (Å²) in [6.07, 6.45) is 5.34. The lowest BCUT2D eigenvalue weighted by Gasteiger charge is -2.16. The van der Waals surface area contributed by atoms with Gasteiger partial charge >= 0.3 is 0 Å². The van der Waals surface area contributed by atoms with E-state index in [1.165, 1.54) is 0 Å². The minimum Gasteiger partial charge on any atom is -0.353 e. The zero-order chi connectivity index (χ0) is 13.6. The van der Waals surface area contributed by atoms with Crippen LogP contribution in [0.1, 0.15) is 40.5 Å². The monoisotopic (exact) mass is 260 g/mol. The summed E-state index contributed by atoms with van der Waals surface area (Å²) in [5.74, 6) is 0. The van der Waals surface area contributed by atoms with Crippen molar-refractivity contribution in [3.8, 4) is 0 Å². The molecule has 0 heterocycles. The molecule has 0 aromatic carbocycles. The highest BCUT2D eigenvalue weighted by Gasteiger charge is 2.06. The molecular weight excluding hydrogens is 232 g/mol. The van der Waals surface area contributed by atoms with Crippen LogP contribution in [0.3, 0.4) is 0 Å². The highest BCUT2D eigenvalue weighted by atomic mass is 16.7. The van der Waals surface area contributed by atoms with Gasteiger partial charge in [0.05, 0.1) is 0 Å². The molecule has 18 heavy (non-hydrogen) atoms. The quantitative estimate of drug-likeness (QED) is 0.399. The first-order chi connectivity index (χ1) is 8.78. The van der Waals surface area contributed by atoms with Gasteiger partial charge in [-0.1, -0.05) is 12.2 Å². The van der Waals surface area contributed by atoms with Crippen molar-refractivity contribution in [1.82, 2.24) is 0 Å². The van der Waals surface area contributed by atoms with Crippen molar-refractivity contribution < 1.29 is 18.9 Å². The molecule has 0 bridgehead atoms. The van der Waals surface area contributed by atoms with E-state index in [1.54, 1.807) is 0 Å². The van der Waals surface area contributed by atoms with Crippen molar-refractivity contribution in [2.75, 3.05) is 26.4 Å². The first-order valence-electron chi connectivity index (χ1n) is 6.89. The molecule has 0 rings (SSSR count). The highest BCUT2D eigenvalue weighted by Crippen LogP contribution is 2.06. The van der Waals surface area contributed by atoms with E-state index < -0.39 is 0 Å². The normalized spacial score (nSPS) is 12.1. The Morgan fingerprint density at radius 3 is 1.11 bits per heavy atom. The predicted octanol–water partition coefficient (Wildman–Crippen LogP) is 3.12. The molecule has 0 unspecified atom stereocenters. The third kappa shape index (κ3) is 9.59. The Hall–Kier alpha value is -0.420. The summed E-state index contributed by atoms with van der Waals surface area (Å²) in [5.41, 5.74) is 0. The fourth-order valence-corrected chi connectivity index (χ4v) is 1.53. The Morgan fingerprint density at radius 2 is 0.889 bits per heavy atom. The Bertz CT molecular complexity index is 162. The van der Waals surface area contributed by atoms with E-state index in [-0.39, 0.29) is 12.6 Å². The van der Waals surface area contributed by atoms with Crippen LogP contribution in [0.2, 0.25) is 0 Å². The van der Waals surface area contributed by atoms with Crippen molar-refractivity contribution in [3.05, 3.63) is 12.2 Å². The largest absolute Gasteiger partial charge is 0.353 e. The van der Waals surface area contributed by atoms with Gasteiger partial charge in [0.1, 0.15) is 0 Å². The summed E-state index contributed by atoms with van der Waals surface area (Å²) in [5, 5.41) is 0. The molecule has 0 spiro atoms. The lowest BCUT2D eigenvalue weighted by molar-refractivity contribution is -0.135. The molecular formula is C14H28O4. The molecule has 0 amide bonds. The second kappa shape index (κ2) is 13.0. The molecule has 0 radical (unpaired) electrons. The summed E-state index contributed by atoms with van der Waals surface area (Å²) in [6.45, 7) is 10.5. The van der Waals surface area contributed by atoms with Gasteiger partial charge in [0.25, 0.3) is 0 Å². The van der Waals surface area contributed by atoms with Crippen molar-refractivity contribution in [2.24, 2.45) is 0 Å². The fraction of sp³-hybridized carbons (Fsp3) is 0.857. The Kier molecular flexibility index (Phi) is 12.7. The first kappa shape index (κ1) is 17.6. The average Bonchev–Trinajstić information content (AvgIpc) is 2.35. The van der Waals surface area contributed by atoms with E-state index in [9.17, 15) is 0 Å². The number of ether oxygens (including phenoxy) is 4. The maximum atomic E-state index is 5.45. The number of hydrogen-bond acceptors (Lipinski definition) is 4. The van der Waals surface area contributed by atoms with E-state index >= 15 is 0 Å². The van der Waals surface area contributed by atoms with Crippen LogP contribution in [0.4, 0.5) is 0 Å². The van der Waals surface area contributed by atoms with Gasteiger partial charge in [-0.3, -0.25) is 0 Å². The van der Waals surface area contributed by atoms with E-state index in [2.05, 4.69) is 12.2 Å². The van der Waals surface area contributed by atoms with Gasteiger partial charge in [0, 0.05) is 39.3 Å². The molecule has 4 nitrogen and oxygen atoms in total. The lowest BCUT2D eigenvalue weighted by Crippen LogP contribution is -2.17. The molecule has 0 aromatic heterocycles. The maximum Gasteiger partial charge on any atom is 0.160 e. The smallest absolute Gasteiger partial charge is 0.160 e. The third-order valence-electron chi connectivity index (χ3n) is 2.23. The minimum atomic E-state index is -0.145. The Balaban J connectivity index is 3.88. The van der Waals surface area contributed by atoms with Crippen LogP contribution in [-0.4, -0.2) is 39.0 Å². The van der Waals surface area contributed by atoms with Crippen LogP contribution in [0.25, 0.3) is 0 Å². The van der Waals surface area contributed by atoms with Crippen LogP contribution < -0.4 is 0 Å². The van der Waals surface area contributed by atoms with E-state index in [0.29, 0.717) is 26.4 Å². The van der Waals surface area contributed by atoms with Gasteiger partial charge < -0.3 is 18.9 Å². The van der Waals surface area contributed by atoms with Gasteiger partial charge in [-0.25, -0.2) is 0 Å². The Labute approximate surface area is 111 Å². The van der Waals surface area contributed by atoms with Crippen molar-refractivity contribution in [3.63, 3.8) is 0 Å². The molecule has 0 atom stereocenters. The van der Waals surface area contributed by atoms with Gasteiger partial charge in [0.15, 0.2) is 12.6 Å². The second-order valence-corrected chi connectivity index (χ2v) is 3.62. The topological polar surface area (TPSA) is 36.9 Å². The van der Waals surface area contributed by atoms with Gasteiger partial charge in [-0.15, -0.1) is 0 Å². The molecule has 4 heteroatoms. The van der Waals surface area contributed by atoms with E-state index in [4.69, 9.17) is 18.9 Å². The first-order valence-corrected chi connectivity index (χ1v) is 6.89. The minimum absolute atomic E-state index is 0.145. The summed E-state index contributed by atoms with van der Waals surface area (Å²) in [7, 11) is 0. The molecule has 0 saturated heterocycles. The zero-order valence-corrected chi connectivity index (χ0v) is 12.2. The van der Waals surface area contributed by atoms with Gasteiger partial charge in [-0.05, 0) is 27.7 Å². The van der Waals surface area contributed by atoms with Crippen LogP contribution in [0.15, 0.2) is 12.2 Å². The molecule has 0 saturated carbocycles. The van der Waals surface area contributed by atoms with E-state index in [0.717, 1.165) is 12.8 Å². The van der Waals surface area contributed by atoms with Crippen molar-refractivity contribution in [2.45, 2.75) is 53.1 Å². The number of rotatable bonds is 12. The molecule has 0 aliphatic heterocycles. The van der Waals surface area contributed by atoms with Crippen molar-refractivity contribution in [1.29, 1.82) is 0 Å². The predicted molar refractivity (Wildman–Crippen MR) is 72.5 cm³/mol. The number of hydrogen-bond donors (Lipinski definition) is 0. The SMILES string of the molecule is CCOC(C/C=C\CC(OCC)OCC)OCC. The third-order valence-corrected chi connectivity index (χ3v) is 2.23. The summed E-state index contributed by atoms with van der Waals surface area (Å²) in [6, 6.07) is 0. The summed E-state index contributed by atoms with van der Waals surface area (Å²) in [4.78, 5) is 0. The maximum absolute atomic E-state index is 5.45. The molecule has 0 N–H and O–H groups in total. The molecule has 0 fully saturated rings. The zero-order valence-electron chi connectivity index (χ0n) is 12.2.